The zero-order valence-corrected chi connectivity index (χ0v) is 15.6. The fourth-order valence-electron chi connectivity index (χ4n) is 2.32. The molecule has 2 aromatic heterocycles. The van der Waals surface area contributed by atoms with Gasteiger partial charge in [0.05, 0.1) is 19.5 Å². The van der Waals surface area contributed by atoms with Crippen molar-refractivity contribution in [2.24, 2.45) is 0 Å². The molecule has 0 aromatic carbocycles. The molecule has 1 aliphatic heterocycles. The highest BCUT2D eigenvalue weighted by atomic mass is 32.2. The molecule has 0 spiro atoms. The summed E-state index contributed by atoms with van der Waals surface area (Å²) in [6, 6.07) is 3.75. The zero-order chi connectivity index (χ0) is 15.8. The van der Waals surface area contributed by atoms with E-state index in [1.807, 2.05) is 12.1 Å². The highest BCUT2D eigenvalue weighted by Gasteiger charge is 2.39. The fraction of sp³-hybridized carbons (Fsp3) is 0.500. The summed E-state index contributed by atoms with van der Waals surface area (Å²) in [5.41, 5.74) is -0.0381. The van der Waals surface area contributed by atoms with Crippen molar-refractivity contribution in [2.75, 3.05) is 0 Å². The van der Waals surface area contributed by atoms with Gasteiger partial charge >= 0.3 is 0 Å². The van der Waals surface area contributed by atoms with Gasteiger partial charge in [-0.05, 0) is 23.0 Å². The number of fused-ring (bicyclic) bond motifs is 3. The third kappa shape index (κ3) is 2.21. The molecular weight excluding hydrogens is 320 g/mol. The van der Waals surface area contributed by atoms with Gasteiger partial charge in [0, 0.05) is 9.75 Å². The van der Waals surface area contributed by atoms with Crippen molar-refractivity contribution in [2.45, 2.75) is 62.2 Å². The highest BCUT2D eigenvalue weighted by Crippen LogP contribution is 2.54. The van der Waals surface area contributed by atoms with E-state index >= 15 is 0 Å². The summed E-state index contributed by atoms with van der Waals surface area (Å²) < 4.78 is 25.5. The molecule has 2 aromatic rings. The van der Waals surface area contributed by atoms with Crippen molar-refractivity contribution in [1.82, 2.24) is 0 Å². The topological polar surface area (TPSA) is 34.1 Å². The molecule has 0 bridgehead atoms. The van der Waals surface area contributed by atoms with Crippen molar-refractivity contribution in [3.05, 3.63) is 21.9 Å². The van der Waals surface area contributed by atoms with Crippen LogP contribution >= 0.6 is 22.7 Å². The molecule has 0 fully saturated rings. The first kappa shape index (κ1) is 15.3. The Kier molecular flexibility index (Phi) is 3.06. The molecule has 0 atom stereocenters. The fourth-order valence-corrected chi connectivity index (χ4v) is 7.36. The molecule has 0 saturated carbocycles. The van der Waals surface area contributed by atoms with Crippen LogP contribution in [0.4, 0.5) is 0 Å². The summed E-state index contributed by atoms with van der Waals surface area (Å²) in [6.07, 6.45) is 0. The van der Waals surface area contributed by atoms with Crippen LogP contribution in [-0.4, -0.2) is 8.42 Å². The first-order valence-electron chi connectivity index (χ1n) is 6.96. The number of hydrogen-bond donors (Lipinski definition) is 0. The van der Waals surface area contributed by atoms with Crippen LogP contribution in [0.3, 0.4) is 0 Å². The van der Waals surface area contributed by atoms with Gasteiger partial charge in [0.1, 0.15) is 0 Å². The van der Waals surface area contributed by atoms with Crippen LogP contribution in [0.15, 0.2) is 21.9 Å². The number of sulfone groups is 1. The van der Waals surface area contributed by atoms with Gasteiger partial charge in [-0.1, -0.05) is 41.5 Å². The maximum absolute atomic E-state index is 12.8. The quantitative estimate of drug-likeness (QED) is 0.562. The SMILES string of the molecule is CC(C)(C)c1cc2c(s1)-c1sc(C(C)(C)C)cc1S2(=O)=O. The lowest BCUT2D eigenvalue weighted by molar-refractivity contribution is 0.593. The van der Waals surface area contributed by atoms with Gasteiger partial charge in [-0.3, -0.25) is 0 Å². The lowest BCUT2D eigenvalue weighted by atomic mass is 9.95. The minimum atomic E-state index is -3.32. The Labute approximate surface area is 134 Å². The zero-order valence-electron chi connectivity index (χ0n) is 13.2. The Bertz CT molecular complexity index is 758. The normalized spacial score (nSPS) is 16.9. The first-order valence-corrected chi connectivity index (χ1v) is 10.1. The van der Waals surface area contributed by atoms with Gasteiger partial charge in [0.2, 0.25) is 9.84 Å². The van der Waals surface area contributed by atoms with Crippen LogP contribution in [0.2, 0.25) is 0 Å². The van der Waals surface area contributed by atoms with Crippen LogP contribution in [-0.2, 0) is 20.7 Å². The second-order valence-corrected chi connectivity index (χ2v) is 11.6. The second kappa shape index (κ2) is 4.21. The molecule has 0 N–H and O–H groups in total. The second-order valence-electron chi connectivity index (χ2n) is 7.61. The van der Waals surface area contributed by atoms with Crippen LogP contribution in [0.5, 0.6) is 0 Å². The summed E-state index contributed by atoms with van der Waals surface area (Å²) in [6.45, 7) is 12.7. The Hall–Kier alpha value is -0.650. The van der Waals surface area contributed by atoms with Gasteiger partial charge < -0.3 is 0 Å². The van der Waals surface area contributed by atoms with E-state index in [4.69, 9.17) is 0 Å². The van der Waals surface area contributed by atoms with Crippen molar-refractivity contribution >= 4 is 32.5 Å². The van der Waals surface area contributed by atoms with Crippen molar-refractivity contribution in [1.29, 1.82) is 0 Å². The van der Waals surface area contributed by atoms with Crippen LogP contribution in [0, 0.1) is 0 Å². The van der Waals surface area contributed by atoms with Gasteiger partial charge in [-0.15, -0.1) is 22.7 Å². The summed E-state index contributed by atoms with van der Waals surface area (Å²) >= 11 is 3.26. The lowest BCUT2D eigenvalue weighted by Gasteiger charge is -2.15. The average molecular weight is 341 g/mol. The molecule has 0 saturated heterocycles. The van der Waals surface area contributed by atoms with Gasteiger partial charge in [-0.2, -0.15) is 0 Å². The molecule has 1 aliphatic rings. The number of hydrogen-bond acceptors (Lipinski definition) is 4. The summed E-state index contributed by atoms with van der Waals surface area (Å²) in [7, 11) is -3.32. The molecule has 3 heterocycles. The monoisotopic (exact) mass is 340 g/mol. The minimum Gasteiger partial charge on any atom is -0.218 e. The van der Waals surface area contributed by atoms with Gasteiger partial charge in [0.25, 0.3) is 0 Å². The molecule has 3 rings (SSSR count). The molecule has 5 heteroatoms. The Balaban J connectivity index is 2.27. The third-order valence-corrected chi connectivity index (χ3v) is 9.01. The number of rotatable bonds is 0. The van der Waals surface area contributed by atoms with E-state index in [2.05, 4.69) is 41.5 Å². The van der Waals surface area contributed by atoms with Crippen LogP contribution < -0.4 is 0 Å². The van der Waals surface area contributed by atoms with Crippen LogP contribution in [0.25, 0.3) is 9.75 Å². The molecule has 114 valence electrons. The highest BCUT2D eigenvalue weighted by molar-refractivity contribution is 7.92. The lowest BCUT2D eigenvalue weighted by Crippen LogP contribution is -2.09. The average Bonchev–Trinajstić information content (AvgIpc) is 2.94. The molecule has 0 radical (unpaired) electrons. The minimum absolute atomic E-state index is 0.0190. The summed E-state index contributed by atoms with van der Waals surface area (Å²) in [5.74, 6) is 0. The molecule has 21 heavy (non-hydrogen) atoms. The molecule has 2 nitrogen and oxygen atoms in total. The van der Waals surface area contributed by atoms with E-state index in [9.17, 15) is 8.42 Å². The first-order chi connectivity index (χ1) is 9.42. The largest absolute Gasteiger partial charge is 0.218 e. The summed E-state index contributed by atoms with van der Waals surface area (Å²) in [5, 5.41) is 0. The maximum Gasteiger partial charge on any atom is 0.209 e. The Morgan fingerprint density at radius 3 is 1.38 bits per heavy atom. The van der Waals surface area contributed by atoms with Gasteiger partial charge in [-0.25, -0.2) is 8.42 Å². The van der Waals surface area contributed by atoms with Crippen molar-refractivity contribution < 1.29 is 8.42 Å². The van der Waals surface area contributed by atoms with Crippen molar-refractivity contribution in [3.8, 4) is 9.75 Å². The van der Waals surface area contributed by atoms with E-state index < -0.39 is 9.84 Å². The Morgan fingerprint density at radius 2 is 1.10 bits per heavy atom. The van der Waals surface area contributed by atoms with E-state index in [0.29, 0.717) is 9.79 Å². The Morgan fingerprint density at radius 1 is 0.762 bits per heavy atom. The summed E-state index contributed by atoms with van der Waals surface area (Å²) in [4.78, 5) is 5.17. The van der Waals surface area contributed by atoms with E-state index in [1.165, 1.54) is 0 Å². The van der Waals surface area contributed by atoms with E-state index in [-0.39, 0.29) is 10.8 Å². The molecular formula is C16H20O2S3. The van der Waals surface area contributed by atoms with Gasteiger partial charge in [0.15, 0.2) is 0 Å². The molecule has 0 unspecified atom stereocenters. The smallest absolute Gasteiger partial charge is 0.209 e. The maximum atomic E-state index is 12.8. The predicted octanol–water partition coefficient (Wildman–Crippen LogP) is 5.22. The van der Waals surface area contributed by atoms with E-state index in [1.54, 1.807) is 22.7 Å². The molecule has 0 aliphatic carbocycles. The number of thiophene rings is 2. The van der Waals surface area contributed by atoms with Crippen molar-refractivity contribution in [3.63, 3.8) is 0 Å². The van der Waals surface area contributed by atoms with Crippen LogP contribution in [0.1, 0.15) is 51.3 Å². The van der Waals surface area contributed by atoms with E-state index in [0.717, 1.165) is 19.5 Å². The standard InChI is InChI=1S/C16H20O2S3/c1-15(2,3)11-7-9-13(19-11)14-10(21(9,17)18)8-12(20-14)16(4,5)6/h7-8H,1-6H3. The third-order valence-electron chi connectivity index (χ3n) is 3.66. The molecule has 0 amide bonds. The predicted molar refractivity (Wildman–Crippen MR) is 90.5 cm³/mol.